The lowest BCUT2D eigenvalue weighted by molar-refractivity contribution is 0.282. The van der Waals surface area contributed by atoms with Crippen molar-refractivity contribution in [1.82, 2.24) is 9.97 Å². The van der Waals surface area contributed by atoms with E-state index in [-0.39, 0.29) is 43.9 Å². The molecule has 268 valence electrons. The predicted octanol–water partition coefficient (Wildman–Crippen LogP) is 11.7. The number of methoxy groups -OCH3 is 2. The zero-order valence-electron chi connectivity index (χ0n) is 28.5. The first-order valence-electron chi connectivity index (χ1n) is 16.2. The van der Waals surface area contributed by atoms with Gasteiger partial charge in [0.25, 0.3) is 0 Å². The number of hydrogen-bond donors (Lipinski definition) is 1. The third kappa shape index (κ3) is 8.44. The number of alkyl halides is 1. The molecule has 2 aliphatic rings. The van der Waals surface area contributed by atoms with Crippen LogP contribution in [0.2, 0.25) is 0 Å². The third-order valence-corrected chi connectivity index (χ3v) is 9.75. The Bertz CT molecular complexity index is 1730. The van der Waals surface area contributed by atoms with E-state index >= 15 is 0 Å². The van der Waals surface area contributed by atoms with Crippen LogP contribution in [0.25, 0.3) is 33.4 Å². The molecule has 8 heteroatoms. The Morgan fingerprint density at radius 1 is 0.660 bits per heavy atom. The normalized spacial score (nSPS) is 15.5. The number of ether oxygens (including phenoxy) is 2. The van der Waals surface area contributed by atoms with Crippen molar-refractivity contribution in [3.05, 3.63) is 107 Å². The number of benzene rings is 2. The van der Waals surface area contributed by atoms with Crippen molar-refractivity contribution in [3.63, 3.8) is 0 Å². The second kappa shape index (κ2) is 16.8. The van der Waals surface area contributed by atoms with Crippen LogP contribution in [-0.2, 0) is 12.5 Å². The van der Waals surface area contributed by atoms with E-state index in [0.29, 0.717) is 28.8 Å². The van der Waals surface area contributed by atoms with Gasteiger partial charge in [-0.2, -0.15) is 0 Å². The molecule has 0 unspecified atom stereocenters. The molecule has 2 aromatic heterocycles. The van der Waals surface area contributed by atoms with Crippen LogP contribution in [0.3, 0.4) is 0 Å². The monoisotopic (exact) mass is 704 g/mol. The highest BCUT2D eigenvalue weighted by atomic mass is 35.5. The van der Waals surface area contributed by atoms with E-state index in [2.05, 4.69) is 55.9 Å². The number of aliphatic hydroxyl groups is 1. The van der Waals surface area contributed by atoms with Gasteiger partial charge in [-0.1, -0.05) is 79.0 Å². The van der Waals surface area contributed by atoms with Crippen molar-refractivity contribution in [1.29, 1.82) is 0 Å². The van der Waals surface area contributed by atoms with Crippen LogP contribution in [0.5, 0.6) is 11.8 Å². The lowest BCUT2D eigenvalue weighted by Crippen LogP contribution is -2.10. The fourth-order valence-corrected chi connectivity index (χ4v) is 6.85. The molecule has 0 fully saturated rings. The SMILES string of the molecule is C.C.COc1cc(-c2ccc(CCl)cc2C2=CCCC2(C)C)c(F)cn1.COc1cc(-c2ccc(CO)cc2C2=CCCC2(C)C)c(F)cn1. The summed E-state index contributed by atoms with van der Waals surface area (Å²) in [5.74, 6) is 0.474. The van der Waals surface area contributed by atoms with Crippen LogP contribution in [-0.4, -0.2) is 29.3 Å². The minimum absolute atomic E-state index is 0. The van der Waals surface area contributed by atoms with Gasteiger partial charge in [-0.05, 0) is 93.2 Å². The highest BCUT2D eigenvalue weighted by molar-refractivity contribution is 6.17. The average molecular weight is 705 g/mol. The zero-order valence-corrected chi connectivity index (χ0v) is 29.2. The summed E-state index contributed by atoms with van der Waals surface area (Å²) < 4.78 is 39.2. The molecule has 50 heavy (non-hydrogen) atoms. The van der Waals surface area contributed by atoms with E-state index in [9.17, 15) is 13.9 Å². The van der Waals surface area contributed by atoms with E-state index in [1.54, 1.807) is 12.1 Å². The van der Waals surface area contributed by atoms with Gasteiger partial charge in [0, 0.05) is 29.1 Å². The molecular weight excluding hydrogens is 654 g/mol. The Morgan fingerprint density at radius 3 is 1.44 bits per heavy atom. The van der Waals surface area contributed by atoms with Gasteiger partial charge in [-0.3, -0.25) is 0 Å². The number of aromatic nitrogens is 2. The fourth-order valence-electron chi connectivity index (χ4n) is 6.68. The molecule has 0 saturated heterocycles. The lowest BCUT2D eigenvalue weighted by atomic mass is 9.79. The maximum absolute atomic E-state index is 14.5. The first-order valence-corrected chi connectivity index (χ1v) is 16.7. The van der Waals surface area contributed by atoms with Gasteiger partial charge in [0.2, 0.25) is 11.8 Å². The fraction of sp³-hybridized carbons (Fsp3) is 0.381. The van der Waals surface area contributed by atoms with Crippen LogP contribution < -0.4 is 9.47 Å². The van der Waals surface area contributed by atoms with E-state index < -0.39 is 0 Å². The van der Waals surface area contributed by atoms with E-state index in [1.807, 2.05) is 30.3 Å². The summed E-state index contributed by atoms with van der Waals surface area (Å²) in [4.78, 5) is 7.86. The maximum atomic E-state index is 14.5. The molecule has 2 heterocycles. The molecule has 0 radical (unpaired) electrons. The quantitative estimate of drug-likeness (QED) is 0.185. The Morgan fingerprint density at radius 2 is 1.08 bits per heavy atom. The first kappa shape index (κ1) is 40.4. The Hall–Kier alpha value is -4.07. The van der Waals surface area contributed by atoms with Gasteiger partial charge in [0.15, 0.2) is 0 Å². The largest absolute Gasteiger partial charge is 0.481 e. The van der Waals surface area contributed by atoms with Gasteiger partial charge < -0.3 is 14.6 Å². The van der Waals surface area contributed by atoms with Crippen molar-refractivity contribution in [2.75, 3.05) is 14.2 Å². The van der Waals surface area contributed by atoms with Crippen LogP contribution in [0, 0.1) is 22.5 Å². The van der Waals surface area contributed by atoms with Crippen molar-refractivity contribution < 1.29 is 23.4 Å². The van der Waals surface area contributed by atoms with E-state index in [4.69, 9.17) is 21.1 Å². The maximum Gasteiger partial charge on any atom is 0.213 e. The molecule has 0 spiro atoms. The van der Waals surface area contributed by atoms with Crippen LogP contribution in [0.15, 0.2) is 73.1 Å². The summed E-state index contributed by atoms with van der Waals surface area (Å²) in [5, 5.41) is 9.51. The Balaban J connectivity index is 0.000000260. The van der Waals surface area contributed by atoms with Crippen molar-refractivity contribution in [2.24, 2.45) is 10.8 Å². The summed E-state index contributed by atoms with van der Waals surface area (Å²) >= 11 is 6.03. The zero-order chi connectivity index (χ0) is 34.6. The summed E-state index contributed by atoms with van der Waals surface area (Å²) in [6.07, 6.45) is 11.1. The van der Waals surface area contributed by atoms with Crippen LogP contribution in [0.1, 0.15) is 90.5 Å². The molecule has 5 nitrogen and oxygen atoms in total. The molecule has 1 N–H and O–H groups in total. The van der Waals surface area contributed by atoms with Crippen LogP contribution >= 0.6 is 11.6 Å². The molecule has 0 atom stereocenters. The van der Waals surface area contributed by atoms with Gasteiger partial charge >= 0.3 is 0 Å². The second-order valence-corrected chi connectivity index (χ2v) is 13.8. The summed E-state index contributed by atoms with van der Waals surface area (Å²) in [6, 6.07) is 14.9. The number of hydrogen-bond acceptors (Lipinski definition) is 5. The number of halogens is 3. The lowest BCUT2D eigenvalue weighted by Gasteiger charge is -2.25. The summed E-state index contributed by atoms with van der Waals surface area (Å²) in [6.45, 7) is 8.82. The van der Waals surface area contributed by atoms with Crippen molar-refractivity contribution in [3.8, 4) is 34.0 Å². The molecule has 2 aliphatic carbocycles. The molecule has 0 amide bonds. The van der Waals surface area contributed by atoms with Crippen molar-refractivity contribution >= 4 is 22.7 Å². The summed E-state index contributed by atoms with van der Waals surface area (Å²) in [7, 11) is 3.05. The minimum atomic E-state index is -0.384. The van der Waals surface area contributed by atoms with Crippen molar-refractivity contribution in [2.45, 2.75) is 80.7 Å². The minimum Gasteiger partial charge on any atom is -0.481 e. The molecule has 2 aromatic carbocycles. The predicted molar refractivity (Wildman–Crippen MR) is 203 cm³/mol. The first-order chi connectivity index (χ1) is 22.9. The Kier molecular flexibility index (Phi) is 13.5. The Labute approximate surface area is 302 Å². The summed E-state index contributed by atoms with van der Waals surface area (Å²) in [5.41, 5.74) is 9.01. The number of pyridine rings is 2. The van der Waals surface area contributed by atoms with Gasteiger partial charge in [-0.15, -0.1) is 11.6 Å². The molecule has 0 aliphatic heterocycles. The number of allylic oxidation sites excluding steroid dienone is 4. The van der Waals surface area contributed by atoms with Gasteiger partial charge in [0.1, 0.15) is 11.6 Å². The number of rotatable bonds is 8. The molecule has 6 rings (SSSR count). The molecule has 0 bridgehead atoms. The van der Waals surface area contributed by atoms with E-state index in [1.165, 1.54) is 37.8 Å². The van der Waals surface area contributed by atoms with Crippen LogP contribution in [0.4, 0.5) is 8.78 Å². The smallest absolute Gasteiger partial charge is 0.213 e. The number of nitrogens with zero attached hydrogens (tertiary/aromatic N) is 2. The highest BCUT2D eigenvalue weighted by Gasteiger charge is 2.31. The topological polar surface area (TPSA) is 64.5 Å². The van der Waals surface area contributed by atoms with E-state index in [0.717, 1.165) is 59.1 Å². The second-order valence-electron chi connectivity index (χ2n) is 13.5. The third-order valence-electron chi connectivity index (χ3n) is 9.44. The highest BCUT2D eigenvalue weighted by Crippen LogP contribution is 2.48. The standard InChI is InChI=1S/C20H21ClFNO.C20H22FNO2.2CH4/c1-20(2)8-4-5-17(20)15-9-13(11-21)6-7-14(15)16-10-19(24-3)23-12-18(16)22;1-20(2)8-4-5-17(20)15-9-13(12-23)6-7-14(15)16-10-19(24-3)22-11-18(16)21;;/h5-7,9-10,12H,4,8,11H2,1-3H3;5-7,9-11,23H,4,8,12H2,1-3H3;2*1H4. The average Bonchev–Trinajstić information content (AvgIpc) is 3.64. The molecule has 0 saturated carbocycles. The number of aliphatic hydroxyl groups excluding tert-OH is 1. The van der Waals surface area contributed by atoms with Gasteiger partial charge in [-0.25, -0.2) is 18.7 Å². The molecule has 4 aromatic rings. The van der Waals surface area contributed by atoms with Gasteiger partial charge in [0.05, 0.1) is 33.2 Å². The molecular formula is C42H51ClF2N2O3.